The quantitative estimate of drug-likeness (QED) is 0.893. The van der Waals surface area contributed by atoms with Gasteiger partial charge in [0, 0.05) is 26.1 Å². The molecule has 2 aliphatic rings. The molecule has 25 heavy (non-hydrogen) atoms. The van der Waals surface area contributed by atoms with Crippen molar-refractivity contribution in [1.82, 2.24) is 10.2 Å². The van der Waals surface area contributed by atoms with Crippen LogP contribution in [0.5, 0.6) is 0 Å². The summed E-state index contributed by atoms with van der Waals surface area (Å²) in [6.45, 7) is 2.82. The van der Waals surface area contributed by atoms with Gasteiger partial charge < -0.3 is 15.0 Å². The van der Waals surface area contributed by atoms with Gasteiger partial charge in [0.05, 0.1) is 6.10 Å². The summed E-state index contributed by atoms with van der Waals surface area (Å²) in [7, 11) is 0. The van der Waals surface area contributed by atoms with E-state index in [0.29, 0.717) is 6.54 Å². The Morgan fingerprint density at radius 3 is 2.52 bits per heavy atom. The van der Waals surface area contributed by atoms with Crippen molar-refractivity contribution in [3.05, 3.63) is 35.9 Å². The van der Waals surface area contributed by atoms with Gasteiger partial charge in [0.2, 0.25) is 5.91 Å². The van der Waals surface area contributed by atoms with Gasteiger partial charge >= 0.3 is 0 Å². The molecule has 1 aromatic carbocycles. The van der Waals surface area contributed by atoms with E-state index in [1.807, 2.05) is 35.2 Å². The molecule has 0 aromatic heterocycles. The molecule has 2 atom stereocenters. The minimum absolute atomic E-state index is 0.0214. The number of nitrogens with zero attached hydrogens (tertiary/aromatic N) is 1. The molecule has 5 nitrogen and oxygen atoms in total. The molecule has 5 heteroatoms. The minimum atomic E-state index is -0.541. The second-order valence-electron chi connectivity index (χ2n) is 7.16. The Labute approximate surface area is 149 Å². The minimum Gasteiger partial charge on any atom is -0.360 e. The lowest BCUT2D eigenvalue weighted by atomic mass is 10.0. The summed E-state index contributed by atoms with van der Waals surface area (Å²) >= 11 is 0. The van der Waals surface area contributed by atoms with Crippen LogP contribution in [-0.4, -0.2) is 41.9 Å². The highest BCUT2D eigenvalue weighted by Crippen LogP contribution is 2.30. The van der Waals surface area contributed by atoms with Crippen molar-refractivity contribution in [2.75, 3.05) is 13.1 Å². The van der Waals surface area contributed by atoms with Crippen molar-refractivity contribution < 1.29 is 14.3 Å². The van der Waals surface area contributed by atoms with Gasteiger partial charge in [0.15, 0.2) is 6.10 Å². The first-order valence-electron chi connectivity index (χ1n) is 9.40. The summed E-state index contributed by atoms with van der Waals surface area (Å²) in [5.41, 5.74) is 0.918. The fourth-order valence-electron chi connectivity index (χ4n) is 3.87. The number of nitrogens with one attached hydrogen (secondary N) is 1. The van der Waals surface area contributed by atoms with E-state index in [0.717, 1.165) is 37.8 Å². The normalized spacial score (nSPS) is 22.6. The molecular formula is C20H28N2O3. The number of carbonyl (C=O) groups is 2. The van der Waals surface area contributed by atoms with Crippen molar-refractivity contribution >= 4 is 11.8 Å². The summed E-state index contributed by atoms with van der Waals surface area (Å²) in [4.78, 5) is 26.4. The third kappa shape index (κ3) is 4.82. The van der Waals surface area contributed by atoms with Crippen LogP contribution in [0.15, 0.2) is 30.3 Å². The lowest BCUT2D eigenvalue weighted by molar-refractivity contribution is -0.150. The molecule has 0 radical (unpaired) electrons. The molecule has 1 aliphatic heterocycles. The molecular weight excluding hydrogens is 316 g/mol. The molecule has 0 bridgehead atoms. The van der Waals surface area contributed by atoms with Crippen molar-refractivity contribution in [3.8, 4) is 0 Å². The van der Waals surface area contributed by atoms with E-state index < -0.39 is 6.10 Å². The molecule has 1 saturated heterocycles. The SMILES string of the molecule is CC(=O)N[C@@H]1CCCN(C(=O)[C@@H](OC2CCCC2)c2ccccc2)C1. The number of carbonyl (C=O) groups excluding carboxylic acids is 2. The van der Waals surface area contributed by atoms with Gasteiger partial charge in [0.25, 0.3) is 5.91 Å². The summed E-state index contributed by atoms with van der Waals surface area (Å²) < 4.78 is 6.25. The molecule has 1 heterocycles. The zero-order valence-corrected chi connectivity index (χ0v) is 14.9. The van der Waals surface area contributed by atoms with Crippen molar-refractivity contribution in [3.63, 3.8) is 0 Å². The van der Waals surface area contributed by atoms with Gasteiger partial charge in [-0.2, -0.15) is 0 Å². The number of hydrogen-bond acceptors (Lipinski definition) is 3. The van der Waals surface area contributed by atoms with E-state index in [2.05, 4.69) is 5.32 Å². The maximum Gasteiger partial charge on any atom is 0.256 e. The van der Waals surface area contributed by atoms with Gasteiger partial charge in [-0.15, -0.1) is 0 Å². The number of ether oxygens (including phenoxy) is 1. The first-order valence-corrected chi connectivity index (χ1v) is 9.40. The van der Waals surface area contributed by atoms with Crippen LogP contribution in [0.25, 0.3) is 0 Å². The summed E-state index contributed by atoms with van der Waals surface area (Å²) in [5.74, 6) is -0.0192. The standard InChI is InChI=1S/C20H28N2O3/c1-15(23)21-17-10-7-13-22(14-17)20(24)19(16-8-3-2-4-9-16)25-18-11-5-6-12-18/h2-4,8-9,17-19H,5-7,10-14H2,1H3,(H,21,23)/t17-,19+/m1/s1. The molecule has 2 amide bonds. The summed E-state index contributed by atoms with van der Waals surface area (Å²) in [6.07, 6.45) is 5.87. The number of likely N-dealkylation sites (tertiary alicyclic amines) is 1. The Balaban J connectivity index is 1.72. The number of rotatable bonds is 5. The van der Waals surface area contributed by atoms with E-state index in [-0.39, 0.29) is 24.0 Å². The van der Waals surface area contributed by atoms with Crippen LogP contribution in [0.4, 0.5) is 0 Å². The van der Waals surface area contributed by atoms with E-state index >= 15 is 0 Å². The monoisotopic (exact) mass is 344 g/mol. The van der Waals surface area contributed by atoms with Gasteiger partial charge in [-0.25, -0.2) is 0 Å². The fourth-order valence-corrected chi connectivity index (χ4v) is 3.87. The van der Waals surface area contributed by atoms with E-state index in [4.69, 9.17) is 4.74 Å². The van der Waals surface area contributed by atoms with Crippen LogP contribution in [0.1, 0.15) is 57.1 Å². The molecule has 0 spiro atoms. The van der Waals surface area contributed by atoms with E-state index in [9.17, 15) is 9.59 Å². The van der Waals surface area contributed by atoms with Gasteiger partial charge in [0.1, 0.15) is 0 Å². The number of piperidine rings is 1. The Hall–Kier alpha value is -1.88. The average molecular weight is 344 g/mol. The highest BCUT2D eigenvalue weighted by Gasteiger charge is 2.33. The molecule has 1 aromatic rings. The third-order valence-corrected chi connectivity index (χ3v) is 5.10. The molecule has 2 fully saturated rings. The molecule has 1 N–H and O–H groups in total. The van der Waals surface area contributed by atoms with Gasteiger partial charge in [-0.05, 0) is 31.2 Å². The van der Waals surface area contributed by atoms with E-state index in [1.165, 1.54) is 19.8 Å². The Morgan fingerprint density at radius 2 is 1.84 bits per heavy atom. The average Bonchev–Trinajstić information content (AvgIpc) is 3.13. The smallest absolute Gasteiger partial charge is 0.256 e. The van der Waals surface area contributed by atoms with Crippen LogP contribution < -0.4 is 5.32 Å². The highest BCUT2D eigenvalue weighted by molar-refractivity contribution is 5.82. The second kappa shape index (κ2) is 8.48. The van der Waals surface area contributed by atoms with Crippen molar-refractivity contribution in [1.29, 1.82) is 0 Å². The Bertz CT molecular complexity index is 584. The Morgan fingerprint density at radius 1 is 1.12 bits per heavy atom. The largest absolute Gasteiger partial charge is 0.360 e. The molecule has 1 aliphatic carbocycles. The lowest BCUT2D eigenvalue weighted by Crippen LogP contribution is -2.50. The number of hydrogen-bond donors (Lipinski definition) is 1. The van der Waals surface area contributed by atoms with Gasteiger partial charge in [-0.1, -0.05) is 43.2 Å². The van der Waals surface area contributed by atoms with Crippen molar-refractivity contribution in [2.24, 2.45) is 0 Å². The first-order chi connectivity index (χ1) is 12.1. The zero-order chi connectivity index (χ0) is 17.6. The number of benzene rings is 1. The zero-order valence-electron chi connectivity index (χ0n) is 14.9. The van der Waals surface area contributed by atoms with Crippen LogP contribution in [0.2, 0.25) is 0 Å². The van der Waals surface area contributed by atoms with Crippen LogP contribution in [-0.2, 0) is 14.3 Å². The second-order valence-corrected chi connectivity index (χ2v) is 7.16. The van der Waals surface area contributed by atoms with E-state index in [1.54, 1.807) is 0 Å². The van der Waals surface area contributed by atoms with Crippen LogP contribution >= 0.6 is 0 Å². The maximum atomic E-state index is 13.2. The number of amides is 2. The molecule has 136 valence electrons. The molecule has 0 unspecified atom stereocenters. The predicted octanol–water partition coefficient (Wildman–Crippen LogP) is 2.81. The highest BCUT2D eigenvalue weighted by atomic mass is 16.5. The van der Waals surface area contributed by atoms with Crippen LogP contribution in [0, 0.1) is 0 Å². The molecule has 1 saturated carbocycles. The Kier molecular flexibility index (Phi) is 6.08. The summed E-state index contributed by atoms with van der Waals surface area (Å²) in [6, 6.07) is 9.82. The first kappa shape index (κ1) is 17.9. The lowest BCUT2D eigenvalue weighted by Gasteiger charge is -2.35. The van der Waals surface area contributed by atoms with Crippen molar-refractivity contribution in [2.45, 2.75) is 63.7 Å². The maximum absolute atomic E-state index is 13.2. The van der Waals surface area contributed by atoms with Crippen LogP contribution in [0.3, 0.4) is 0 Å². The summed E-state index contributed by atoms with van der Waals surface area (Å²) in [5, 5.41) is 2.94. The third-order valence-electron chi connectivity index (χ3n) is 5.10. The predicted molar refractivity (Wildman–Crippen MR) is 95.9 cm³/mol. The topological polar surface area (TPSA) is 58.6 Å². The van der Waals surface area contributed by atoms with Gasteiger partial charge in [-0.3, -0.25) is 9.59 Å². The fraction of sp³-hybridized carbons (Fsp3) is 0.600. The molecule has 3 rings (SSSR count).